The summed E-state index contributed by atoms with van der Waals surface area (Å²) in [6.07, 6.45) is 1.59. The summed E-state index contributed by atoms with van der Waals surface area (Å²) in [7, 11) is -3.34. The van der Waals surface area contributed by atoms with Crippen LogP contribution in [0.3, 0.4) is 0 Å². The van der Waals surface area contributed by atoms with Crippen LogP contribution in [0.1, 0.15) is 12.5 Å². The number of carbonyl (C=O) groups excluding carboxylic acids is 1. The average Bonchev–Trinajstić information content (AvgIpc) is 2.98. The summed E-state index contributed by atoms with van der Waals surface area (Å²) in [5.74, 6) is -0.155. The van der Waals surface area contributed by atoms with Crippen molar-refractivity contribution in [2.75, 3.05) is 17.3 Å². The molecule has 1 aliphatic heterocycles. The van der Waals surface area contributed by atoms with E-state index in [1.54, 1.807) is 24.3 Å². The number of anilines is 1. The largest absolute Gasteiger partial charge is 0.494 e. The molecule has 0 radical (unpaired) electrons. The third kappa shape index (κ3) is 4.74. The van der Waals surface area contributed by atoms with Crippen LogP contribution in [0, 0.1) is 5.82 Å². The van der Waals surface area contributed by atoms with Gasteiger partial charge in [-0.2, -0.15) is 0 Å². The normalized spacial score (nSPS) is 17.6. The standard InChI is InChI=1S/C20H20FNO4S/c1-2-26-19-9-3-15(4-10-19)13-20(23)22(17-7-5-16(21)6-8-17)18-11-12-27(24,25)14-18/h3-12,18H,2,13-14H2,1H3/t18-/m0/s1. The predicted molar refractivity (Wildman–Crippen MR) is 102 cm³/mol. The highest BCUT2D eigenvalue weighted by Crippen LogP contribution is 2.24. The van der Waals surface area contributed by atoms with Crippen molar-refractivity contribution in [1.82, 2.24) is 0 Å². The van der Waals surface area contributed by atoms with Crippen LogP contribution in [-0.2, 0) is 21.1 Å². The first-order chi connectivity index (χ1) is 12.9. The maximum atomic E-state index is 13.3. The van der Waals surface area contributed by atoms with Gasteiger partial charge in [-0.15, -0.1) is 0 Å². The Balaban J connectivity index is 1.84. The van der Waals surface area contributed by atoms with E-state index in [-0.39, 0.29) is 18.1 Å². The number of hydrogen-bond donors (Lipinski definition) is 0. The van der Waals surface area contributed by atoms with E-state index >= 15 is 0 Å². The summed E-state index contributed by atoms with van der Waals surface area (Å²) in [4.78, 5) is 14.4. The van der Waals surface area contributed by atoms with E-state index in [1.807, 2.05) is 6.92 Å². The third-order valence-electron chi connectivity index (χ3n) is 4.21. The second kappa shape index (κ2) is 7.92. The molecule has 0 bridgehead atoms. The van der Waals surface area contributed by atoms with Crippen molar-refractivity contribution in [3.05, 3.63) is 71.4 Å². The van der Waals surface area contributed by atoms with E-state index in [1.165, 1.54) is 35.2 Å². The molecule has 2 aromatic carbocycles. The second-order valence-corrected chi connectivity index (χ2v) is 8.15. The van der Waals surface area contributed by atoms with Crippen molar-refractivity contribution in [1.29, 1.82) is 0 Å². The number of amides is 1. The predicted octanol–water partition coefficient (Wildman–Crippen LogP) is 3.11. The topological polar surface area (TPSA) is 63.7 Å². The number of hydrogen-bond acceptors (Lipinski definition) is 4. The van der Waals surface area contributed by atoms with Crippen LogP contribution < -0.4 is 9.64 Å². The summed E-state index contributed by atoms with van der Waals surface area (Å²) in [6, 6.07) is 12.0. The van der Waals surface area contributed by atoms with Crippen LogP contribution in [-0.4, -0.2) is 32.7 Å². The molecule has 1 aliphatic rings. The minimum atomic E-state index is -3.34. The average molecular weight is 389 g/mol. The Hall–Kier alpha value is -2.67. The van der Waals surface area contributed by atoms with Crippen molar-refractivity contribution in [2.45, 2.75) is 19.4 Å². The van der Waals surface area contributed by atoms with Crippen LogP contribution in [0.15, 0.2) is 60.0 Å². The van der Waals surface area contributed by atoms with Crippen molar-refractivity contribution in [2.24, 2.45) is 0 Å². The number of rotatable bonds is 6. The van der Waals surface area contributed by atoms with Crippen LogP contribution in [0.2, 0.25) is 0 Å². The summed E-state index contributed by atoms with van der Waals surface area (Å²) in [5, 5.41) is 1.12. The quantitative estimate of drug-likeness (QED) is 0.762. The Morgan fingerprint density at radius 1 is 1.15 bits per heavy atom. The number of ether oxygens (including phenoxy) is 1. The molecule has 0 spiro atoms. The van der Waals surface area contributed by atoms with Gasteiger partial charge in [0.25, 0.3) is 0 Å². The molecular weight excluding hydrogens is 369 g/mol. The lowest BCUT2D eigenvalue weighted by Gasteiger charge is -2.28. The smallest absolute Gasteiger partial charge is 0.231 e. The fourth-order valence-corrected chi connectivity index (χ4v) is 4.24. The van der Waals surface area contributed by atoms with Crippen LogP contribution in [0.5, 0.6) is 5.75 Å². The maximum absolute atomic E-state index is 13.3. The van der Waals surface area contributed by atoms with Crippen LogP contribution in [0.25, 0.3) is 0 Å². The van der Waals surface area contributed by atoms with Crippen LogP contribution in [0.4, 0.5) is 10.1 Å². The van der Waals surface area contributed by atoms with Gasteiger partial charge in [0.2, 0.25) is 5.91 Å². The van der Waals surface area contributed by atoms with E-state index in [9.17, 15) is 17.6 Å². The molecule has 1 heterocycles. The SMILES string of the molecule is CCOc1ccc(CC(=O)N(c2ccc(F)cc2)[C@H]2C=CS(=O)(=O)C2)cc1. The van der Waals surface area contributed by atoms with Crippen molar-refractivity contribution in [3.63, 3.8) is 0 Å². The maximum Gasteiger partial charge on any atom is 0.231 e. The number of nitrogens with zero attached hydrogens (tertiary/aromatic N) is 1. The second-order valence-electron chi connectivity index (χ2n) is 6.22. The highest BCUT2D eigenvalue weighted by molar-refractivity contribution is 7.94. The third-order valence-corrected chi connectivity index (χ3v) is 5.58. The molecule has 0 saturated heterocycles. The molecule has 27 heavy (non-hydrogen) atoms. The first kappa shape index (κ1) is 19.1. The highest BCUT2D eigenvalue weighted by Gasteiger charge is 2.31. The van der Waals surface area contributed by atoms with Crippen molar-refractivity contribution < 1.29 is 22.3 Å². The van der Waals surface area contributed by atoms with Gasteiger partial charge in [0, 0.05) is 11.1 Å². The Morgan fingerprint density at radius 2 is 1.81 bits per heavy atom. The zero-order valence-corrected chi connectivity index (χ0v) is 15.7. The van der Waals surface area contributed by atoms with Crippen molar-refractivity contribution in [3.8, 4) is 5.75 Å². The van der Waals surface area contributed by atoms with Gasteiger partial charge in [0.1, 0.15) is 11.6 Å². The van der Waals surface area contributed by atoms with Gasteiger partial charge < -0.3 is 9.64 Å². The van der Waals surface area contributed by atoms with Gasteiger partial charge in [-0.25, -0.2) is 12.8 Å². The van der Waals surface area contributed by atoms with E-state index < -0.39 is 21.7 Å². The minimum Gasteiger partial charge on any atom is -0.494 e. The Kier molecular flexibility index (Phi) is 5.60. The van der Waals surface area contributed by atoms with Gasteiger partial charge in [-0.05, 0) is 55.0 Å². The van der Waals surface area contributed by atoms with Gasteiger partial charge in [0.15, 0.2) is 9.84 Å². The van der Waals surface area contributed by atoms with Gasteiger partial charge >= 0.3 is 0 Å². The fourth-order valence-electron chi connectivity index (χ4n) is 2.97. The van der Waals surface area contributed by atoms with Gasteiger partial charge in [-0.3, -0.25) is 4.79 Å². The number of carbonyl (C=O) groups is 1. The zero-order chi connectivity index (χ0) is 19.4. The minimum absolute atomic E-state index is 0.0914. The Labute approximate surface area is 158 Å². The van der Waals surface area contributed by atoms with Crippen molar-refractivity contribution >= 4 is 21.4 Å². The monoisotopic (exact) mass is 389 g/mol. The molecule has 0 unspecified atom stereocenters. The molecule has 2 aromatic rings. The van der Waals surface area contributed by atoms with E-state index in [0.29, 0.717) is 18.0 Å². The van der Waals surface area contributed by atoms with E-state index in [0.717, 1.165) is 11.0 Å². The zero-order valence-electron chi connectivity index (χ0n) is 14.8. The number of sulfone groups is 1. The summed E-state index contributed by atoms with van der Waals surface area (Å²) in [5.41, 5.74) is 1.24. The molecule has 0 N–H and O–H groups in total. The Bertz CT molecular complexity index is 937. The molecular formula is C20H20FNO4S. The lowest BCUT2D eigenvalue weighted by Crippen LogP contribution is -2.42. The van der Waals surface area contributed by atoms with E-state index in [4.69, 9.17) is 4.74 Å². The van der Waals surface area contributed by atoms with Gasteiger partial charge in [0.05, 0.1) is 24.8 Å². The summed E-state index contributed by atoms with van der Waals surface area (Å²) >= 11 is 0. The highest BCUT2D eigenvalue weighted by atomic mass is 32.2. The lowest BCUT2D eigenvalue weighted by molar-refractivity contribution is -0.118. The first-order valence-electron chi connectivity index (χ1n) is 8.58. The molecule has 3 rings (SSSR count). The van der Waals surface area contributed by atoms with Gasteiger partial charge in [-0.1, -0.05) is 12.1 Å². The van der Waals surface area contributed by atoms with Crippen LogP contribution >= 0.6 is 0 Å². The molecule has 7 heteroatoms. The molecule has 0 saturated carbocycles. The molecule has 142 valence electrons. The summed E-state index contributed by atoms with van der Waals surface area (Å²) < 4.78 is 42.3. The molecule has 5 nitrogen and oxygen atoms in total. The number of benzene rings is 2. The number of halogens is 1. The van der Waals surface area contributed by atoms with E-state index in [2.05, 4.69) is 0 Å². The molecule has 1 atom stereocenters. The molecule has 0 fully saturated rings. The summed E-state index contributed by atoms with van der Waals surface area (Å²) in [6.45, 7) is 2.44. The fraction of sp³-hybridized carbons (Fsp3) is 0.250. The Morgan fingerprint density at radius 3 is 2.37 bits per heavy atom. The molecule has 1 amide bonds. The lowest BCUT2D eigenvalue weighted by atomic mass is 10.1. The molecule has 0 aliphatic carbocycles. The molecule has 0 aromatic heterocycles. The first-order valence-corrected chi connectivity index (χ1v) is 10.3.